The second-order valence-corrected chi connectivity index (χ2v) is 6.94. The average molecular weight is 368 g/mol. The van der Waals surface area contributed by atoms with Gasteiger partial charge in [0.05, 0.1) is 12.2 Å². The van der Waals surface area contributed by atoms with Crippen LogP contribution in [0.1, 0.15) is 57.8 Å². The number of carboxylic acid groups (broad SMARTS) is 1. The van der Waals surface area contributed by atoms with Crippen molar-refractivity contribution in [2.24, 2.45) is 11.8 Å². The van der Waals surface area contributed by atoms with Gasteiger partial charge in [0.2, 0.25) is 0 Å². The highest BCUT2D eigenvalue weighted by Crippen LogP contribution is 2.33. The molecule has 1 rings (SSSR count). The molecule has 6 heteroatoms. The van der Waals surface area contributed by atoms with Crippen LogP contribution in [-0.2, 0) is 9.59 Å². The zero-order chi connectivity index (χ0) is 19.4. The van der Waals surface area contributed by atoms with Gasteiger partial charge in [0.25, 0.3) is 0 Å². The normalized spacial score (nSPS) is 24.7. The van der Waals surface area contributed by atoms with Gasteiger partial charge in [0, 0.05) is 31.3 Å². The van der Waals surface area contributed by atoms with Gasteiger partial charge < -0.3 is 20.4 Å². The third-order valence-electron chi connectivity index (χ3n) is 4.76. The minimum atomic E-state index is -0.812. The van der Waals surface area contributed by atoms with E-state index >= 15 is 0 Å². The highest BCUT2D eigenvalue weighted by atomic mass is 16.4. The Labute approximate surface area is 155 Å². The maximum absolute atomic E-state index is 12.1. The molecule has 1 aliphatic rings. The molecule has 148 valence electrons. The highest BCUT2D eigenvalue weighted by molar-refractivity contribution is 5.84. The molecule has 1 fully saturated rings. The van der Waals surface area contributed by atoms with E-state index in [2.05, 4.69) is 0 Å². The number of unbranched alkanes of at least 4 members (excludes halogenated alkanes) is 3. The molecule has 1 saturated carbocycles. The van der Waals surface area contributed by atoms with Gasteiger partial charge in [0.1, 0.15) is 5.78 Å². The maximum atomic E-state index is 12.1. The van der Waals surface area contributed by atoms with Gasteiger partial charge in [-0.1, -0.05) is 37.1 Å². The number of aliphatic hydroxyl groups excluding tert-OH is 3. The van der Waals surface area contributed by atoms with E-state index < -0.39 is 18.2 Å². The van der Waals surface area contributed by atoms with Crippen LogP contribution in [0.5, 0.6) is 0 Å². The van der Waals surface area contributed by atoms with Crippen molar-refractivity contribution >= 4 is 11.8 Å². The number of Topliss-reactive ketones (excluding diaryl/α,β-unsaturated/α-hetero) is 1. The van der Waals surface area contributed by atoms with Crippen LogP contribution < -0.4 is 0 Å². The number of aliphatic hydroxyl groups is 3. The number of carbonyl (C=O) groups is 2. The van der Waals surface area contributed by atoms with Gasteiger partial charge in [-0.05, 0) is 32.1 Å². The summed E-state index contributed by atoms with van der Waals surface area (Å²) in [6.45, 7) is 0.161. The summed E-state index contributed by atoms with van der Waals surface area (Å²) in [7, 11) is 0. The van der Waals surface area contributed by atoms with Crippen molar-refractivity contribution < 1.29 is 30.0 Å². The predicted molar refractivity (Wildman–Crippen MR) is 98.6 cm³/mol. The van der Waals surface area contributed by atoms with Gasteiger partial charge in [-0.15, -0.1) is 0 Å². The molecule has 0 bridgehead atoms. The predicted octanol–water partition coefficient (Wildman–Crippen LogP) is 2.22. The van der Waals surface area contributed by atoms with Crippen molar-refractivity contribution in [3.63, 3.8) is 0 Å². The van der Waals surface area contributed by atoms with Crippen LogP contribution in [0, 0.1) is 11.8 Å². The van der Waals surface area contributed by atoms with Crippen molar-refractivity contribution in [2.75, 3.05) is 6.61 Å². The van der Waals surface area contributed by atoms with E-state index in [1.165, 1.54) is 0 Å². The molecule has 4 N–H and O–H groups in total. The Hall–Kier alpha value is -1.50. The summed E-state index contributed by atoms with van der Waals surface area (Å²) in [5, 5.41) is 37.4. The lowest BCUT2D eigenvalue weighted by Gasteiger charge is -2.16. The van der Waals surface area contributed by atoms with E-state index in [1.807, 2.05) is 12.2 Å². The Morgan fingerprint density at radius 1 is 1.19 bits per heavy atom. The molecule has 0 spiro atoms. The minimum absolute atomic E-state index is 0.0276. The van der Waals surface area contributed by atoms with E-state index in [0.717, 1.165) is 19.3 Å². The summed E-state index contributed by atoms with van der Waals surface area (Å²) in [6, 6.07) is 0. The molecule has 6 nitrogen and oxygen atoms in total. The summed E-state index contributed by atoms with van der Waals surface area (Å²) < 4.78 is 0. The Bertz CT molecular complexity index is 485. The molecular weight excluding hydrogens is 336 g/mol. The molecule has 0 aliphatic heterocycles. The number of hydrogen-bond acceptors (Lipinski definition) is 5. The van der Waals surface area contributed by atoms with E-state index in [0.29, 0.717) is 25.7 Å². The third-order valence-corrected chi connectivity index (χ3v) is 4.76. The molecule has 0 unspecified atom stereocenters. The number of rotatable bonds is 13. The molecule has 0 saturated heterocycles. The van der Waals surface area contributed by atoms with Crippen LogP contribution in [0.4, 0.5) is 0 Å². The number of carbonyl (C=O) groups excluding carboxylic acids is 1. The van der Waals surface area contributed by atoms with Crippen molar-refractivity contribution in [1.29, 1.82) is 0 Å². The standard InChI is InChI=1S/C20H32O6/c21-13-7-3-4-8-15(22)11-12-17-16(18(23)14-19(17)24)9-5-1-2-6-10-20(25)26/h1,5,11-12,15-17,19,21-22,24H,2-4,6-10,13-14H2,(H,25,26)/b5-1-,12-11-/t15-,16+,17+,19+/m0/s1. The van der Waals surface area contributed by atoms with Crippen LogP contribution in [0.25, 0.3) is 0 Å². The van der Waals surface area contributed by atoms with Crippen molar-refractivity contribution in [2.45, 2.75) is 70.0 Å². The molecular formula is C20H32O6. The Balaban J connectivity index is 2.45. The van der Waals surface area contributed by atoms with E-state index in [4.69, 9.17) is 10.2 Å². The molecule has 0 heterocycles. The molecule has 0 aromatic rings. The van der Waals surface area contributed by atoms with Gasteiger partial charge in [-0.25, -0.2) is 0 Å². The summed E-state index contributed by atoms with van der Waals surface area (Å²) in [5.41, 5.74) is 0. The summed E-state index contributed by atoms with van der Waals surface area (Å²) >= 11 is 0. The fourth-order valence-electron chi connectivity index (χ4n) is 3.25. The van der Waals surface area contributed by atoms with Crippen LogP contribution >= 0.6 is 0 Å². The van der Waals surface area contributed by atoms with Crippen molar-refractivity contribution in [3.8, 4) is 0 Å². The van der Waals surface area contributed by atoms with Gasteiger partial charge in [0.15, 0.2) is 0 Å². The number of carboxylic acids is 1. The first-order chi connectivity index (χ1) is 12.5. The van der Waals surface area contributed by atoms with Crippen LogP contribution in [0.3, 0.4) is 0 Å². The Morgan fingerprint density at radius 3 is 2.65 bits per heavy atom. The molecule has 0 aromatic heterocycles. The summed E-state index contributed by atoms with van der Waals surface area (Å²) in [4.78, 5) is 22.6. The lowest BCUT2D eigenvalue weighted by atomic mass is 9.90. The van der Waals surface area contributed by atoms with Crippen molar-refractivity contribution in [3.05, 3.63) is 24.3 Å². The topological polar surface area (TPSA) is 115 Å². The van der Waals surface area contributed by atoms with Crippen LogP contribution in [0.2, 0.25) is 0 Å². The molecule has 0 aromatic carbocycles. The average Bonchev–Trinajstić information content (AvgIpc) is 2.85. The van der Waals surface area contributed by atoms with Crippen LogP contribution in [0.15, 0.2) is 24.3 Å². The van der Waals surface area contributed by atoms with Crippen molar-refractivity contribution in [1.82, 2.24) is 0 Å². The number of hydrogen-bond donors (Lipinski definition) is 4. The molecule has 0 amide bonds. The smallest absolute Gasteiger partial charge is 0.303 e. The largest absolute Gasteiger partial charge is 0.481 e. The molecule has 26 heavy (non-hydrogen) atoms. The van der Waals surface area contributed by atoms with Gasteiger partial charge >= 0.3 is 5.97 Å². The van der Waals surface area contributed by atoms with E-state index in [1.54, 1.807) is 12.2 Å². The minimum Gasteiger partial charge on any atom is -0.481 e. The second kappa shape index (κ2) is 12.8. The summed E-state index contributed by atoms with van der Waals surface area (Å²) in [5.74, 6) is -1.37. The number of allylic oxidation sites excluding steroid dienone is 2. The first-order valence-electron chi connectivity index (χ1n) is 9.50. The van der Waals surface area contributed by atoms with Gasteiger partial charge in [-0.2, -0.15) is 0 Å². The zero-order valence-electron chi connectivity index (χ0n) is 15.3. The SMILES string of the molecule is O=C(O)CCC/C=C\C[C@H]1C(=O)C[C@@H](O)[C@@H]1/C=C\[C@@H](O)CCCCCO. The third kappa shape index (κ3) is 8.74. The monoisotopic (exact) mass is 368 g/mol. The van der Waals surface area contributed by atoms with E-state index in [9.17, 15) is 19.8 Å². The Morgan fingerprint density at radius 2 is 1.96 bits per heavy atom. The fourth-order valence-corrected chi connectivity index (χ4v) is 3.25. The highest BCUT2D eigenvalue weighted by Gasteiger charge is 2.39. The zero-order valence-corrected chi connectivity index (χ0v) is 15.3. The first-order valence-corrected chi connectivity index (χ1v) is 9.50. The molecule has 0 radical (unpaired) electrons. The molecule has 4 atom stereocenters. The lowest BCUT2D eigenvalue weighted by Crippen LogP contribution is -2.18. The maximum Gasteiger partial charge on any atom is 0.303 e. The molecule has 1 aliphatic carbocycles. The number of ketones is 1. The van der Waals surface area contributed by atoms with E-state index in [-0.39, 0.29) is 37.1 Å². The first kappa shape index (κ1) is 22.5. The fraction of sp³-hybridized carbons (Fsp3) is 0.700. The van der Waals surface area contributed by atoms with Gasteiger partial charge in [-0.3, -0.25) is 9.59 Å². The second-order valence-electron chi connectivity index (χ2n) is 6.94. The quantitative estimate of drug-likeness (QED) is 0.293. The summed E-state index contributed by atoms with van der Waals surface area (Å²) in [6.07, 6.45) is 10.9. The number of aliphatic carboxylic acids is 1. The Kier molecular flexibility index (Phi) is 11.1. The van der Waals surface area contributed by atoms with Crippen LogP contribution in [-0.4, -0.2) is 51.0 Å². The lowest BCUT2D eigenvalue weighted by molar-refractivity contribution is -0.137.